The quantitative estimate of drug-likeness (QED) is 0.871. The van der Waals surface area contributed by atoms with Crippen molar-refractivity contribution in [1.82, 2.24) is 19.6 Å². The van der Waals surface area contributed by atoms with Gasteiger partial charge in [-0.3, -0.25) is 19.0 Å². The van der Waals surface area contributed by atoms with Gasteiger partial charge in [0, 0.05) is 25.1 Å². The molecule has 8 heteroatoms. The fourth-order valence-electron chi connectivity index (χ4n) is 2.79. The van der Waals surface area contributed by atoms with Gasteiger partial charge >= 0.3 is 0 Å². The summed E-state index contributed by atoms with van der Waals surface area (Å²) in [6.45, 7) is 7.87. The van der Waals surface area contributed by atoms with Crippen molar-refractivity contribution in [3.8, 4) is 0 Å². The van der Waals surface area contributed by atoms with Gasteiger partial charge < -0.3 is 10.6 Å². The van der Waals surface area contributed by atoms with Crippen LogP contribution in [0.4, 0.5) is 11.5 Å². The normalized spacial score (nSPS) is 14.0. The van der Waals surface area contributed by atoms with Gasteiger partial charge in [0.25, 0.3) is 5.91 Å². The molecular formula is C17H24N6O2. The van der Waals surface area contributed by atoms with Gasteiger partial charge in [-0.2, -0.15) is 10.2 Å². The molecule has 0 saturated heterocycles. The van der Waals surface area contributed by atoms with Gasteiger partial charge in [-0.05, 0) is 40.5 Å². The highest BCUT2D eigenvalue weighted by molar-refractivity contribution is 6.04. The molecule has 3 rings (SSSR count). The zero-order valence-electron chi connectivity index (χ0n) is 15.3. The number of amides is 2. The van der Waals surface area contributed by atoms with Crippen LogP contribution in [0.15, 0.2) is 6.07 Å². The van der Waals surface area contributed by atoms with Crippen LogP contribution >= 0.6 is 0 Å². The minimum atomic E-state index is -0.322. The summed E-state index contributed by atoms with van der Waals surface area (Å²) in [6.07, 6.45) is 1.85. The van der Waals surface area contributed by atoms with Crippen molar-refractivity contribution in [2.75, 3.05) is 10.6 Å². The van der Waals surface area contributed by atoms with Crippen LogP contribution in [0.2, 0.25) is 0 Å². The molecule has 134 valence electrons. The number of carbonyl (C=O) groups excluding carboxylic acids is 2. The fraction of sp³-hybridized carbons (Fsp3) is 0.529. The first-order valence-corrected chi connectivity index (χ1v) is 8.50. The molecule has 0 atom stereocenters. The summed E-state index contributed by atoms with van der Waals surface area (Å²) in [5.74, 6) is 0.282. The third-order valence-electron chi connectivity index (χ3n) is 4.36. The Morgan fingerprint density at radius 2 is 1.88 bits per heavy atom. The predicted octanol–water partition coefficient (Wildman–Crippen LogP) is 2.42. The highest BCUT2D eigenvalue weighted by Crippen LogP contribution is 2.30. The molecule has 8 nitrogen and oxygen atoms in total. The van der Waals surface area contributed by atoms with Crippen molar-refractivity contribution in [3.05, 3.63) is 23.1 Å². The van der Waals surface area contributed by atoms with Crippen molar-refractivity contribution in [2.24, 2.45) is 13.0 Å². The van der Waals surface area contributed by atoms with Crippen LogP contribution in [0.1, 0.15) is 54.6 Å². The zero-order chi connectivity index (χ0) is 18.3. The first-order valence-electron chi connectivity index (χ1n) is 8.50. The zero-order valence-corrected chi connectivity index (χ0v) is 15.3. The van der Waals surface area contributed by atoms with E-state index in [0.717, 1.165) is 24.2 Å². The van der Waals surface area contributed by atoms with Gasteiger partial charge in [0.15, 0.2) is 5.69 Å². The van der Waals surface area contributed by atoms with Crippen molar-refractivity contribution < 1.29 is 9.59 Å². The van der Waals surface area contributed by atoms with E-state index in [0.29, 0.717) is 11.5 Å². The third-order valence-corrected chi connectivity index (χ3v) is 4.36. The molecule has 2 amide bonds. The first-order chi connectivity index (χ1) is 11.8. The lowest BCUT2D eigenvalue weighted by Gasteiger charge is -2.08. The number of aryl methyl sites for hydroxylation is 2. The van der Waals surface area contributed by atoms with Gasteiger partial charge in [0.05, 0.1) is 17.1 Å². The average Bonchev–Trinajstić information content (AvgIpc) is 3.28. The topological polar surface area (TPSA) is 93.8 Å². The minimum absolute atomic E-state index is 0.0140. The molecule has 0 aliphatic heterocycles. The third kappa shape index (κ3) is 3.42. The van der Waals surface area contributed by atoms with Gasteiger partial charge in [0.2, 0.25) is 5.91 Å². The number of anilines is 2. The molecule has 0 radical (unpaired) electrons. The van der Waals surface area contributed by atoms with Crippen molar-refractivity contribution in [3.63, 3.8) is 0 Å². The SMILES string of the molecule is Cc1nn(C(C)C)c(C)c1NC(=O)c1cc(NC(=O)C2CC2)n(C)n1. The highest BCUT2D eigenvalue weighted by Gasteiger charge is 2.30. The van der Waals surface area contributed by atoms with E-state index >= 15 is 0 Å². The number of aromatic nitrogens is 4. The van der Waals surface area contributed by atoms with Gasteiger partial charge in [-0.25, -0.2) is 0 Å². The lowest BCUT2D eigenvalue weighted by molar-refractivity contribution is -0.117. The number of hydrogen-bond acceptors (Lipinski definition) is 4. The second-order valence-corrected chi connectivity index (χ2v) is 6.84. The molecule has 1 saturated carbocycles. The number of nitrogens with zero attached hydrogens (tertiary/aromatic N) is 4. The van der Waals surface area contributed by atoms with E-state index in [-0.39, 0.29) is 29.5 Å². The maximum absolute atomic E-state index is 12.6. The molecule has 1 aliphatic rings. The summed E-state index contributed by atoms with van der Waals surface area (Å²) in [5.41, 5.74) is 2.62. The van der Waals surface area contributed by atoms with Crippen molar-refractivity contribution in [1.29, 1.82) is 0 Å². The maximum Gasteiger partial charge on any atom is 0.276 e. The summed E-state index contributed by atoms with van der Waals surface area (Å²) >= 11 is 0. The Kier molecular flexibility index (Phi) is 4.36. The molecule has 0 unspecified atom stereocenters. The summed E-state index contributed by atoms with van der Waals surface area (Å²) < 4.78 is 3.39. The highest BCUT2D eigenvalue weighted by atomic mass is 16.2. The van der Waals surface area contributed by atoms with Gasteiger partial charge in [-0.15, -0.1) is 0 Å². The number of hydrogen-bond donors (Lipinski definition) is 2. The molecule has 1 fully saturated rings. The second-order valence-electron chi connectivity index (χ2n) is 6.84. The standard InChI is InChI=1S/C17H24N6O2/c1-9(2)23-11(4)15(10(3)20-23)19-17(25)13-8-14(22(5)21-13)18-16(24)12-6-7-12/h8-9,12H,6-7H2,1-5H3,(H,18,24)(H,19,25). The lowest BCUT2D eigenvalue weighted by atomic mass is 10.3. The Morgan fingerprint density at radius 1 is 1.20 bits per heavy atom. The summed E-state index contributed by atoms with van der Waals surface area (Å²) in [5, 5.41) is 14.4. The molecule has 1 aliphatic carbocycles. The van der Waals surface area contributed by atoms with E-state index < -0.39 is 0 Å². The van der Waals surface area contributed by atoms with E-state index in [1.807, 2.05) is 32.4 Å². The van der Waals surface area contributed by atoms with E-state index in [4.69, 9.17) is 0 Å². The Morgan fingerprint density at radius 3 is 2.44 bits per heavy atom. The molecule has 0 spiro atoms. The summed E-state index contributed by atoms with van der Waals surface area (Å²) in [6, 6.07) is 1.80. The van der Waals surface area contributed by atoms with E-state index in [1.165, 1.54) is 4.68 Å². The molecule has 2 N–H and O–H groups in total. The molecule has 2 aromatic heterocycles. The van der Waals surface area contributed by atoms with Crippen LogP contribution in [0.25, 0.3) is 0 Å². The largest absolute Gasteiger partial charge is 0.317 e. The van der Waals surface area contributed by atoms with Crippen LogP contribution in [0.5, 0.6) is 0 Å². The van der Waals surface area contributed by atoms with Crippen LogP contribution in [0.3, 0.4) is 0 Å². The predicted molar refractivity (Wildman–Crippen MR) is 94.6 cm³/mol. The maximum atomic E-state index is 12.6. The van der Waals surface area contributed by atoms with E-state index in [2.05, 4.69) is 20.8 Å². The van der Waals surface area contributed by atoms with Gasteiger partial charge in [-0.1, -0.05) is 0 Å². The first kappa shape index (κ1) is 17.2. The lowest BCUT2D eigenvalue weighted by Crippen LogP contribution is -2.15. The van der Waals surface area contributed by atoms with Crippen molar-refractivity contribution in [2.45, 2.75) is 46.6 Å². The van der Waals surface area contributed by atoms with E-state index in [1.54, 1.807) is 13.1 Å². The summed E-state index contributed by atoms with van der Waals surface area (Å²) in [4.78, 5) is 24.4. The Bertz CT molecular complexity index is 829. The van der Waals surface area contributed by atoms with Crippen molar-refractivity contribution >= 4 is 23.3 Å². The van der Waals surface area contributed by atoms with Crippen LogP contribution < -0.4 is 10.6 Å². The molecule has 0 aromatic carbocycles. The molecule has 25 heavy (non-hydrogen) atoms. The van der Waals surface area contributed by atoms with Crippen LogP contribution in [0, 0.1) is 19.8 Å². The Hall–Kier alpha value is -2.64. The average molecular weight is 344 g/mol. The Balaban J connectivity index is 1.77. The monoisotopic (exact) mass is 344 g/mol. The fourth-order valence-corrected chi connectivity index (χ4v) is 2.79. The molecule has 2 heterocycles. The molecule has 2 aromatic rings. The summed E-state index contributed by atoms with van der Waals surface area (Å²) in [7, 11) is 1.70. The smallest absolute Gasteiger partial charge is 0.276 e. The van der Waals surface area contributed by atoms with E-state index in [9.17, 15) is 9.59 Å². The Labute approximate surface area is 146 Å². The van der Waals surface area contributed by atoms with Crippen LogP contribution in [-0.2, 0) is 11.8 Å². The number of nitrogens with one attached hydrogen (secondary N) is 2. The molecular weight excluding hydrogens is 320 g/mol. The van der Waals surface area contributed by atoms with Gasteiger partial charge in [0.1, 0.15) is 5.82 Å². The number of rotatable bonds is 5. The molecule has 0 bridgehead atoms. The minimum Gasteiger partial charge on any atom is -0.317 e. The second kappa shape index (κ2) is 6.34. The number of carbonyl (C=O) groups is 2. The van der Waals surface area contributed by atoms with Crippen LogP contribution in [-0.4, -0.2) is 31.4 Å².